The van der Waals surface area contributed by atoms with Crippen LogP contribution in [0.3, 0.4) is 0 Å². The molecule has 3 rings (SSSR count). The molecule has 0 radical (unpaired) electrons. The summed E-state index contributed by atoms with van der Waals surface area (Å²) in [7, 11) is -3.51. The van der Waals surface area contributed by atoms with Crippen molar-refractivity contribution in [2.24, 2.45) is 5.41 Å². The van der Waals surface area contributed by atoms with Crippen molar-refractivity contribution in [2.45, 2.75) is 19.1 Å². The molecule has 0 N–H and O–H groups in total. The van der Waals surface area contributed by atoms with E-state index in [9.17, 15) is 13.2 Å². The number of carbonyl (C=O) groups is 1. The van der Waals surface area contributed by atoms with Gasteiger partial charge in [0.25, 0.3) is 0 Å². The van der Waals surface area contributed by atoms with Crippen molar-refractivity contribution in [1.29, 1.82) is 0 Å². The lowest BCUT2D eigenvalue weighted by Gasteiger charge is -2.35. The van der Waals surface area contributed by atoms with Crippen LogP contribution in [0.2, 0.25) is 10.0 Å². The van der Waals surface area contributed by atoms with Gasteiger partial charge in [0.2, 0.25) is 0 Å². The minimum absolute atomic E-state index is 0.193. The largest absolute Gasteiger partial charge is 0.460 e. The molecule has 0 saturated carbocycles. The second-order valence-electron chi connectivity index (χ2n) is 7.07. The predicted octanol–water partition coefficient (Wildman–Crippen LogP) is 4.12. The normalized spacial score (nSPS) is 21.9. The first-order valence-corrected chi connectivity index (χ1v) is 10.8. The molecule has 0 spiro atoms. The molecule has 0 aromatic heterocycles. The zero-order chi connectivity index (χ0) is 20.0. The molecule has 1 atom stereocenters. The van der Waals surface area contributed by atoms with Gasteiger partial charge in [-0.2, -0.15) is 0 Å². The second kappa shape index (κ2) is 7.00. The topological polar surface area (TPSA) is 69.7 Å². The highest BCUT2D eigenvalue weighted by Crippen LogP contribution is 2.41. The van der Waals surface area contributed by atoms with Crippen LogP contribution in [0.1, 0.15) is 13.8 Å². The Balaban J connectivity index is 2.09. The first-order valence-electron chi connectivity index (χ1n) is 8.13. The lowest BCUT2D eigenvalue weighted by Crippen LogP contribution is -2.40. The van der Waals surface area contributed by atoms with Gasteiger partial charge in [-0.25, -0.2) is 13.2 Å². The average molecular weight is 429 g/mol. The van der Waals surface area contributed by atoms with E-state index in [0.717, 1.165) is 6.26 Å². The number of allylic oxidation sites excluding steroid dienone is 2. The number of rotatable bonds is 4. The van der Waals surface area contributed by atoms with Crippen LogP contribution in [-0.2, 0) is 19.4 Å². The average Bonchev–Trinajstić information content (AvgIpc) is 2.94. The van der Waals surface area contributed by atoms with E-state index in [1.807, 2.05) is 0 Å². The van der Waals surface area contributed by atoms with Crippen LogP contribution in [0.15, 0.2) is 53.3 Å². The van der Waals surface area contributed by atoms with Crippen molar-refractivity contribution in [3.8, 4) is 5.75 Å². The molecular formula is C19H18Cl2O5S. The Morgan fingerprint density at radius 3 is 2.48 bits per heavy atom. The van der Waals surface area contributed by atoms with E-state index >= 15 is 0 Å². The molecule has 144 valence electrons. The zero-order valence-electron chi connectivity index (χ0n) is 15.0. The van der Waals surface area contributed by atoms with Crippen LogP contribution >= 0.6 is 23.2 Å². The molecule has 0 fully saturated rings. The molecule has 2 aliphatic rings. The summed E-state index contributed by atoms with van der Waals surface area (Å²) in [4.78, 5) is 12.0. The van der Waals surface area contributed by atoms with E-state index in [1.165, 1.54) is 6.07 Å². The molecule has 1 heterocycles. The number of carbonyl (C=O) groups excluding carboxylic acids is 1. The van der Waals surface area contributed by atoms with Crippen LogP contribution in [0.25, 0.3) is 0 Å². The number of cyclic esters (lactones) is 1. The first-order chi connectivity index (χ1) is 12.5. The van der Waals surface area contributed by atoms with Crippen molar-refractivity contribution in [3.63, 3.8) is 0 Å². The van der Waals surface area contributed by atoms with Gasteiger partial charge in [0.15, 0.2) is 9.84 Å². The van der Waals surface area contributed by atoms with Gasteiger partial charge in [0, 0.05) is 17.7 Å². The number of benzene rings is 1. The molecule has 0 amide bonds. The predicted molar refractivity (Wildman–Crippen MR) is 105 cm³/mol. The van der Waals surface area contributed by atoms with Crippen LogP contribution in [0.5, 0.6) is 5.75 Å². The molecule has 1 aromatic carbocycles. The SMILES string of the molecule is CC1(C)C=C(C2=CCOC2=O)C=C(Oc2ccc(Cl)c(Cl)c2)C1S(C)(=O)=O. The summed E-state index contributed by atoms with van der Waals surface area (Å²) < 4.78 is 35.9. The maximum absolute atomic E-state index is 12.5. The van der Waals surface area contributed by atoms with Crippen LogP contribution in [0, 0.1) is 5.41 Å². The Hall–Kier alpha value is -1.76. The number of hydrogen-bond donors (Lipinski definition) is 0. The molecular weight excluding hydrogens is 411 g/mol. The Bertz CT molecular complexity index is 1000. The van der Waals surface area contributed by atoms with Gasteiger partial charge in [-0.05, 0) is 29.9 Å². The highest BCUT2D eigenvalue weighted by Gasteiger charge is 2.43. The van der Waals surface area contributed by atoms with Crippen molar-refractivity contribution in [3.05, 3.63) is 63.4 Å². The van der Waals surface area contributed by atoms with Crippen molar-refractivity contribution < 1.29 is 22.7 Å². The molecule has 1 unspecified atom stereocenters. The van der Waals surface area contributed by atoms with E-state index in [0.29, 0.717) is 26.9 Å². The fraction of sp³-hybridized carbons (Fsp3) is 0.316. The number of hydrogen-bond acceptors (Lipinski definition) is 5. The Morgan fingerprint density at radius 1 is 1.22 bits per heavy atom. The van der Waals surface area contributed by atoms with Gasteiger partial charge in [0.1, 0.15) is 23.4 Å². The Kier molecular flexibility index (Phi) is 5.18. The first kappa shape index (κ1) is 20.0. The molecule has 1 aliphatic carbocycles. The van der Waals surface area contributed by atoms with Gasteiger partial charge >= 0.3 is 5.97 Å². The van der Waals surface area contributed by atoms with Gasteiger partial charge in [-0.15, -0.1) is 0 Å². The lowest BCUT2D eigenvalue weighted by molar-refractivity contribution is -0.135. The maximum atomic E-state index is 12.5. The molecule has 8 heteroatoms. The highest BCUT2D eigenvalue weighted by atomic mass is 35.5. The summed E-state index contributed by atoms with van der Waals surface area (Å²) in [6, 6.07) is 4.68. The minimum Gasteiger partial charge on any atom is -0.460 e. The summed E-state index contributed by atoms with van der Waals surface area (Å²) in [5.74, 6) is 0.114. The van der Waals surface area contributed by atoms with E-state index in [-0.39, 0.29) is 12.4 Å². The number of sulfone groups is 1. The molecule has 0 saturated heterocycles. The number of esters is 1. The molecule has 1 aliphatic heterocycles. The molecule has 27 heavy (non-hydrogen) atoms. The number of ether oxygens (including phenoxy) is 2. The highest BCUT2D eigenvalue weighted by molar-refractivity contribution is 7.91. The monoisotopic (exact) mass is 428 g/mol. The van der Waals surface area contributed by atoms with Gasteiger partial charge < -0.3 is 9.47 Å². The minimum atomic E-state index is -3.51. The zero-order valence-corrected chi connectivity index (χ0v) is 17.3. The summed E-state index contributed by atoms with van der Waals surface area (Å²) in [5.41, 5.74) is 0.148. The summed E-state index contributed by atoms with van der Waals surface area (Å²) in [6.45, 7) is 3.76. The smallest absolute Gasteiger partial charge is 0.338 e. The third-order valence-corrected chi connectivity index (χ3v) is 6.78. The van der Waals surface area contributed by atoms with E-state index in [2.05, 4.69) is 0 Å². The fourth-order valence-corrected chi connectivity index (χ4v) is 5.39. The van der Waals surface area contributed by atoms with Crippen LogP contribution in [0.4, 0.5) is 0 Å². The van der Waals surface area contributed by atoms with Crippen molar-refractivity contribution >= 4 is 39.0 Å². The Labute approximate surface area is 168 Å². The quantitative estimate of drug-likeness (QED) is 0.674. The van der Waals surface area contributed by atoms with Gasteiger partial charge in [0.05, 0.1) is 15.6 Å². The van der Waals surface area contributed by atoms with Crippen molar-refractivity contribution in [1.82, 2.24) is 0 Å². The molecule has 0 bridgehead atoms. The molecule has 5 nitrogen and oxygen atoms in total. The van der Waals surface area contributed by atoms with Gasteiger partial charge in [-0.3, -0.25) is 0 Å². The number of halogens is 2. The van der Waals surface area contributed by atoms with E-state index in [1.54, 1.807) is 44.2 Å². The van der Waals surface area contributed by atoms with E-state index < -0.39 is 26.5 Å². The van der Waals surface area contributed by atoms with Gasteiger partial charge in [-0.1, -0.05) is 43.1 Å². The maximum Gasteiger partial charge on any atom is 0.338 e. The summed E-state index contributed by atoms with van der Waals surface area (Å²) >= 11 is 12.0. The Morgan fingerprint density at radius 2 is 1.93 bits per heavy atom. The third-order valence-electron chi connectivity index (χ3n) is 4.35. The second-order valence-corrected chi connectivity index (χ2v) is 10.0. The lowest BCUT2D eigenvalue weighted by atomic mass is 9.80. The fourth-order valence-electron chi connectivity index (χ4n) is 3.39. The van der Waals surface area contributed by atoms with Crippen LogP contribution < -0.4 is 4.74 Å². The molecule has 1 aromatic rings. The van der Waals surface area contributed by atoms with Crippen LogP contribution in [-0.4, -0.2) is 32.5 Å². The van der Waals surface area contributed by atoms with E-state index in [4.69, 9.17) is 32.7 Å². The van der Waals surface area contributed by atoms with Crippen molar-refractivity contribution in [2.75, 3.05) is 12.9 Å². The third kappa shape index (κ3) is 4.08. The summed E-state index contributed by atoms with van der Waals surface area (Å²) in [6.07, 6.45) is 6.16. The summed E-state index contributed by atoms with van der Waals surface area (Å²) in [5, 5.41) is -0.277. The standard InChI is InChI=1S/C19H18Cl2O5S/c1-19(2)10-11(13-6-7-25-18(13)22)8-16(17(19)27(3,23)24)26-12-4-5-14(20)15(21)9-12/h4-6,8-10,17H,7H2,1-3H3.